The molecule has 1 fully saturated rings. The van der Waals surface area contributed by atoms with E-state index in [1.165, 1.54) is 23.6 Å². The van der Waals surface area contributed by atoms with Gasteiger partial charge in [0.25, 0.3) is 0 Å². The van der Waals surface area contributed by atoms with Crippen molar-refractivity contribution >= 4 is 22.4 Å². The fraction of sp³-hybridized carbons (Fsp3) is 0.444. The SMILES string of the molecule is ClCc1c(OCCCC2CCCO2)ccc2ccccc12. The van der Waals surface area contributed by atoms with Crippen LogP contribution in [0.1, 0.15) is 31.2 Å². The number of benzene rings is 2. The van der Waals surface area contributed by atoms with Gasteiger partial charge in [-0.05, 0) is 42.5 Å². The summed E-state index contributed by atoms with van der Waals surface area (Å²) in [6.45, 7) is 1.65. The first-order valence-corrected chi connectivity index (χ1v) is 8.23. The third kappa shape index (κ3) is 3.50. The third-order valence-electron chi connectivity index (χ3n) is 4.08. The predicted octanol–water partition coefficient (Wildman–Crippen LogP) is 4.92. The van der Waals surface area contributed by atoms with Gasteiger partial charge in [-0.25, -0.2) is 0 Å². The Morgan fingerprint density at radius 2 is 2.10 bits per heavy atom. The summed E-state index contributed by atoms with van der Waals surface area (Å²) < 4.78 is 11.6. The maximum Gasteiger partial charge on any atom is 0.124 e. The van der Waals surface area contributed by atoms with Gasteiger partial charge in [0.15, 0.2) is 0 Å². The van der Waals surface area contributed by atoms with Gasteiger partial charge < -0.3 is 9.47 Å². The number of halogens is 1. The van der Waals surface area contributed by atoms with Crippen molar-refractivity contribution in [2.45, 2.75) is 37.7 Å². The number of alkyl halides is 1. The predicted molar refractivity (Wildman–Crippen MR) is 87.2 cm³/mol. The zero-order valence-electron chi connectivity index (χ0n) is 12.2. The molecule has 0 aliphatic carbocycles. The molecule has 0 aromatic heterocycles. The largest absolute Gasteiger partial charge is 0.493 e. The van der Waals surface area contributed by atoms with Crippen LogP contribution in [0, 0.1) is 0 Å². The van der Waals surface area contributed by atoms with Crippen molar-refractivity contribution < 1.29 is 9.47 Å². The molecule has 0 bridgehead atoms. The summed E-state index contributed by atoms with van der Waals surface area (Å²) in [5.74, 6) is 1.39. The van der Waals surface area contributed by atoms with Crippen molar-refractivity contribution in [2.24, 2.45) is 0 Å². The van der Waals surface area contributed by atoms with Gasteiger partial charge >= 0.3 is 0 Å². The van der Waals surface area contributed by atoms with Gasteiger partial charge in [0.2, 0.25) is 0 Å². The summed E-state index contributed by atoms with van der Waals surface area (Å²) in [5, 5.41) is 2.39. The van der Waals surface area contributed by atoms with Crippen LogP contribution in [0.15, 0.2) is 36.4 Å². The molecular weight excluding hydrogens is 284 g/mol. The molecule has 1 saturated heterocycles. The summed E-state index contributed by atoms with van der Waals surface area (Å²) >= 11 is 6.13. The Balaban J connectivity index is 1.63. The average molecular weight is 305 g/mol. The second kappa shape index (κ2) is 7.15. The van der Waals surface area contributed by atoms with E-state index in [1.807, 2.05) is 18.2 Å². The van der Waals surface area contributed by atoms with Crippen LogP contribution < -0.4 is 4.74 Å². The van der Waals surface area contributed by atoms with E-state index in [0.717, 1.165) is 37.4 Å². The van der Waals surface area contributed by atoms with Crippen molar-refractivity contribution in [2.75, 3.05) is 13.2 Å². The molecule has 0 radical (unpaired) electrons. The van der Waals surface area contributed by atoms with Crippen molar-refractivity contribution in [3.8, 4) is 5.75 Å². The van der Waals surface area contributed by atoms with Crippen LogP contribution in [-0.4, -0.2) is 19.3 Å². The lowest BCUT2D eigenvalue weighted by molar-refractivity contribution is 0.0981. The summed E-state index contributed by atoms with van der Waals surface area (Å²) in [4.78, 5) is 0. The lowest BCUT2D eigenvalue weighted by Crippen LogP contribution is -2.08. The molecule has 0 saturated carbocycles. The van der Waals surface area contributed by atoms with E-state index < -0.39 is 0 Å². The minimum atomic E-state index is 0.442. The number of rotatable bonds is 6. The summed E-state index contributed by atoms with van der Waals surface area (Å²) in [6, 6.07) is 12.4. The minimum absolute atomic E-state index is 0.442. The van der Waals surface area contributed by atoms with Crippen LogP contribution in [0.4, 0.5) is 0 Å². The molecule has 2 aromatic rings. The Hall–Kier alpha value is -1.25. The number of hydrogen-bond donors (Lipinski definition) is 0. The fourth-order valence-corrected chi connectivity index (χ4v) is 3.23. The quantitative estimate of drug-likeness (QED) is 0.557. The van der Waals surface area contributed by atoms with Crippen LogP contribution >= 0.6 is 11.6 Å². The molecule has 0 spiro atoms. The normalized spacial score (nSPS) is 18.2. The van der Waals surface area contributed by atoms with E-state index in [2.05, 4.69) is 18.2 Å². The fourth-order valence-electron chi connectivity index (χ4n) is 2.95. The highest BCUT2D eigenvalue weighted by atomic mass is 35.5. The smallest absolute Gasteiger partial charge is 0.124 e. The number of ether oxygens (including phenoxy) is 2. The summed E-state index contributed by atoms with van der Waals surface area (Å²) in [7, 11) is 0. The number of fused-ring (bicyclic) bond motifs is 1. The molecule has 0 amide bonds. The Bertz CT molecular complexity index is 591. The molecule has 21 heavy (non-hydrogen) atoms. The standard InChI is InChI=1S/C18H21ClO2/c19-13-17-16-8-2-1-5-14(16)9-10-18(17)21-12-4-7-15-6-3-11-20-15/h1-2,5,8-10,15H,3-4,6-7,11-13H2. The van der Waals surface area contributed by atoms with E-state index in [9.17, 15) is 0 Å². The van der Waals surface area contributed by atoms with Gasteiger partial charge in [0.05, 0.1) is 18.6 Å². The first-order chi connectivity index (χ1) is 10.4. The van der Waals surface area contributed by atoms with Gasteiger partial charge in [0.1, 0.15) is 5.75 Å². The lowest BCUT2D eigenvalue weighted by Gasteiger charge is -2.14. The topological polar surface area (TPSA) is 18.5 Å². The molecule has 1 unspecified atom stereocenters. The van der Waals surface area contributed by atoms with Crippen LogP contribution in [0.5, 0.6) is 5.75 Å². The Morgan fingerprint density at radius 3 is 2.90 bits per heavy atom. The molecule has 3 heteroatoms. The maximum absolute atomic E-state index is 6.13. The van der Waals surface area contributed by atoms with E-state index >= 15 is 0 Å². The highest BCUT2D eigenvalue weighted by Crippen LogP contribution is 2.29. The molecule has 2 aromatic carbocycles. The molecule has 3 rings (SSSR count). The van der Waals surface area contributed by atoms with E-state index in [-0.39, 0.29) is 0 Å². The van der Waals surface area contributed by atoms with Crippen molar-refractivity contribution in [1.29, 1.82) is 0 Å². The molecule has 112 valence electrons. The van der Waals surface area contributed by atoms with Crippen molar-refractivity contribution in [1.82, 2.24) is 0 Å². The first kappa shape index (κ1) is 14.7. The van der Waals surface area contributed by atoms with Gasteiger partial charge in [-0.2, -0.15) is 0 Å². The van der Waals surface area contributed by atoms with E-state index in [4.69, 9.17) is 21.1 Å². The van der Waals surface area contributed by atoms with Crippen LogP contribution in [-0.2, 0) is 10.6 Å². The second-order valence-electron chi connectivity index (χ2n) is 5.52. The molecule has 2 nitrogen and oxygen atoms in total. The number of hydrogen-bond acceptors (Lipinski definition) is 2. The van der Waals surface area contributed by atoms with Crippen molar-refractivity contribution in [3.63, 3.8) is 0 Å². The van der Waals surface area contributed by atoms with Crippen LogP contribution in [0.25, 0.3) is 10.8 Å². The Labute approximate surface area is 131 Å². The summed E-state index contributed by atoms with van der Waals surface area (Å²) in [6.07, 6.45) is 4.95. The molecule has 1 aliphatic heterocycles. The minimum Gasteiger partial charge on any atom is -0.493 e. The van der Waals surface area contributed by atoms with Gasteiger partial charge in [-0.3, -0.25) is 0 Å². The van der Waals surface area contributed by atoms with Crippen LogP contribution in [0.3, 0.4) is 0 Å². The zero-order chi connectivity index (χ0) is 14.5. The average Bonchev–Trinajstić information content (AvgIpc) is 3.04. The monoisotopic (exact) mass is 304 g/mol. The van der Waals surface area contributed by atoms with Crippen molar-refractivity contribution in [3.05, 3.63) is 42.0 Å². The molecule has 1 heterocycles. The maximum atomic E-state index is 6.13. The van der Waals surface area contributed by atoms with Gasteiger partial charge in [-0.1, -0.05) is 30.3 Å². The third-order valence-corrected chi connectivity index (χ3v) is 4.35. The lowest BCUT2D eigenvalue weighted by atomic mass is 10.0. The molecule has 0 N–H and O–H groups in total. The first-order valence-electron chi connectivity index (χ1n) is 7.69. The Kier molecular flexibility index (Phi) is 5.00. The van der Waals surface area contributed by atoms with E-state index in [0.29, 0.717) is 12.0 Å². The highest BCUT2D eigenvalue weighted by molar-refractivity contribution is 6.18. The van der Waals surface area contributed by atoms with E-state index in [1.54, 1.807) is 0 Å². The highest BCUT2D eigenvalue weighted by Gasteiger charge is 2.15. The zero-order valence-corrected chi connectivity index (χ0v) is 12.9. The van der Waals surface area contributed by atoms with Gasteiger partial charge in [0, 0.05) is 12.2 Å². The molecule has 1 atom stereocenters. The van der Waals surface area contributed by atoms with Gasteiger partial charge in [-0.15, -0.1) is 11.6 Å². The second-order valence-corrected chi connectivity index (χ2v) is 5.79. The Morgan fingerprint density at radius 1 is 1.19 bits per heavy atom. The molecular formula is C18H21ClO2. The summed E-state index contributed by atoms with van der Waals surface area (Å²) in [5.41, 5.74) is 1.09. The van der Waals surface area contributed by atoms with Crippen LogP contribution in [0.2, 0.25) is 0 Å². The molecule has 1 aliphatic rings.